The van der Waals surface area contributed by atoms with Crippen molar-refractivity contribution in [2.75, 3.05) is 33.3 Å². The van der Waals surface area contributed by atoms with E-state index in [1.165, 1.54) is 18.4 Å². The first-order chi connectivity index (χ1) is 10.6. The lowest BCUT2D eigenvalue weighted by Crippen LogP contribution is -2.60. The van der Waals surface area contributed by atoms with E-state index in [1.54, 1.807) is 7.11 Å². The van der Waals surface area contributed by atoms with Crippen LogP contribution in [0.3, 0.4) is 0 Å². The molecule has 2 atom stereocenters. The third-order valence-corrected chi connectivity index (χ3v) is 5.23. The molecule has 0 aromatic heterocycles. The predicted octanol–water partition coefficient (Wildman–Crippen LogP) is 2.12. The van der Waals surface area contributed by atoms with Crippen LogP contribution in [0, 0.1) is 0 Å². The molecule has 0 spiro atoms. The number of benzene rings is 1. The molecule has 1 aromatic rings. The molecule has 1 aromatic carbocycles. The maximum Gasteiger partial charge on any atom is 0.118 e. The second-order valence-corrected chi connectivity index (χ2v) is 6.95. The maximum absolute atomic E-state index is 10.8. The number of aliphatic hydroxyl groups is 1. The van der Waals surface area contributed by atoms with Crippen molar-refractivity contribution in [3.63, 3.8) is 0 Å². The van der Waals surface area contributed by atoms with Gasteiger partial charge in [-0.05, 0) is 57.0 Å². The van der Waals surface area contributed by atoms with Gasteiger partial charge in [0.05, 0.1) is 18.8 Å². The van der Waals surface area contributed by atoms with Crippen LogP contribution in [0.2, 0.25) is 0 Å². The highest BCUT2D eigenvalue weighted by molar-refractivity contribution is 5.27. The van der Waals surface area contributed by atoms with E-state index in [9.17, 15) is 5.11 Å². The van der Waals surface area contributed by atoms with Crippen LogP contribution in [0.25, 0.3) is 0 Å². The SMILES string of the molecule is COc1ccc(CN2CCC(C)(O)C(N3CCCC3)C2)cc1. The van der Waals surface area contributed by atoms with E-state index in [-0.39, 0.29) is 6.04 Å². The summed E-state index contributed by atoms with van der Waals surface area (Å²) in [7, 11) is 1.70. The van der Waals surface area contributed by atoms with Gasteiger partial charge in [0, 0.05) is 19.6 Å². The van der Waals surface area contributed by atoms with Gasteiger partial charge in [-0.2, -0.15) is 0 Å². The minimum atomic E-state index is -0.555. The molecule has 3 rings (SSSR count). The fraction of sp³-hybridized carbons (Fsp3) is 0.667. The molecule has 1 N–H and O–H groups in total. The molecule has 0 saturated carbocycles. The average Bonchev–Trinajstić information content (AvgIpc) is 3.04. The van der Waals surface area contributed by atoms with Crippen molar-refractivity contribution in [1.29, 1.82) is 0 Å². The molecule has 0 radical (unpaired) electrons. The van der Waals surface area contributed by atoms with Crippen LogP contribution in [0.4, 0.5) is 0 Å². The van der Waals surface area contributed by atoms with E-state index in [0.29, 0.717) is 0 Å². The second kappa shape index (κ2) is 6.57. The minimum Gasteiger partial charge on any atom is -0.497 e. The van der Waals surface area contributed by atoms with E-state index in [1.807, 2.05) is 19.1 Å². The number of piperidine rings is 1. The van der Waals surface area contributed by atoms with Gasteiger partial charge in [-0.3, -0.25) is 9.80 Å². The first-order valence-electron chi connectivity index (χ1n) is 8.40. The van der Waals surface area contributed by atoms with Crippen LogP contribution in [-0.4, -0.2) is 59.8 Å². The molecule has 2 saturated heterocycles. The molecule has 122 valence electrons. The summed E-state index contributed by atoms with van der Waals surface area (Å²) in [5.41, 5.74) is 0.753. The Morgan fingerprint density at radius 2 is 1.86 bits per heavy atom. The molecule has 22 heavy (non-hydrogen) atoms. The van der Waals surface area contributed by atoms with Gasteiger partial charge in [-0.15, -0.1) is 0 Å². The Morgan fingerprint density at radius 3 is 2.50 bits per heavy atom. The normalized spacial score (nSPS) is 30.6. The highest BCUT2D eigenvalue weighted by Crippen LogP contribution is 2.29. The fourth-order valence-corrected chi connectivity index (χ4v) is 3.78. The van der Waals surface area contributed by atoms with Crippen LogP contribution in [0.5, 0.6) is 5.75 Å². The predicted molar refractivity (Wildman–Crippen MR) is 88.1 cm³/mol. The highest BCUT2D eigenvalue weighted by Gasteiger charge is 2.41. The monoisotopic (exact) mass is 304 g/mol. The average molecular weight is 304 g/mol. The summed E-state index contributed by atoms with van der Waals surface area (Å²) in [6, 6.07) is 8.58. The van der Waals surface area contributed by atoms with Gasteiger partial charge in [0.2, 0.25) is 0 Å². The van der Waals surface area contributed by atoms with Gasteiger partial charge in [0.25, 0.3) is 0 Å². The van der Waals surface area contributed by atoms with Gasteiger partial charge >= 0.3 is 0 Å². The lowest BCUT2D eigenvalue weighted by Gasteiger charge is -2.46. The Morgan fingerprint density at radius 1 is 1.18 bits per heavy atom. The smallest absolute Gasteiger partial charge is 0.118 e. The summed E-state index contributed by atoms with van der Waals surface area (Å²) >= 11 is 0. The summed E-state index contributed by atoms with van der Waals surface area (Å²) in [6.45, 7) is 7.15. The molecule has 2 aliphatic heterocycles. The maximum atomic E-state index is 10.8. The van der Waals surface area contributed by atoms with Gasteiger partial charge in [0.1, 0.15) is 5.75 Å². The van der Waals surface area contributed by atoms with Crippen molar-refractivity contribution < 1.29 is 9.84 Å². The zero-order valence-electron chi connectivity index (χ0n) is 13.8. The highest BCUT2D eigenvalue weighted by atomic mass is 16.5. The van der Waals surface area contributed by atoms with Crippen molar-refractivity contribution in [1.82, 2.24) is 9.80 Å². The van der Waals surface area contributed by atoms with E-state index in [4.69, 9.17) is 4.74 Å². The lowest BCUT2D eigenvalue weighted by atomic mass is 9.87. The second-order valence-electron chi connectivity index (χ2n) is 6.95. The Kier molecular flexibility index (Phi) is 4.71. The number of rotatable bonds is 4. The third-order valence-electron chi connectivity index (χ3n) is 5.23. The number of ether oxygens (including phenoxy) is 1. The topological polar surface area (TPSA) is 35.9 Å². The molecular formula is C18H28N2O2. The molecule has 4 nitrogen and oxygen atoms in total. The quantitative estimate of drug-likeness (QED) is 0.924. The van der Waals surface area contributed by atoms with Crippen LogP contribution in [0.15, 0.2) is 24.3 Å². The summed E-state index contributed by atoms with van der Waals surface area (Å²) < 4.78 is 5.22. The molecule has 0 amide bonds. The number of methoxy groups -OCH3 is 1. The van der Waals surface area contributed by atoms with E-state index < -0.39 is 5.60 Å². The first-order valence-corrected chi connectivity index (χ1v) is 8.40. The van der Waals surface area contributed by atoms with Crippen LogP contribution in [0.1, 0.15) is 31.7 Å². The van der Waals surface area contributed by atoms with Gasteiger partial charge in [0.15, 0.2) is 0 Å². The number of hydrogen-bond donors (Lipinski definition) is 1. The number of nitrogens with zero attached hydrogens (tertiary/aromatic N) is 2. The molecule has 2 unspecified atom stereocenters. The summed E-state index contributed by atoms with van der Waals surface area (Å²) in [5.74, 6) is 0.903. The van der Waals surface area contributed by atoms with Crippen molar-refractivity contribution in [2.24, 2.45) is 0 Å². The molecule has 4 heteroatoms. The van der Waals surface area contributed by atoms with Crippen LogP contribution < -0.4 is 4.74 Å². The van der Waals surface area contributed by atoms with E-state index >= 15 is 0 Å². The molecular weight excluding hydrogens is 276 g/mol. The van der Waals surface area contributed by atoms with Gasteiger partial charge in [-0.25, -0.2) is 0 Å². The standard InChI is InChI=1S/C18H28N2O2/c1-18(21)9-12-19(14-17(18)20-10-3-4-11-20)13-15-5-7-16(22-2)8-6-15/h5-8,17,21H,3-4,9-14H2,1-2H3. The zero-order chi connectivity index (χ0) is 15.6. The Hall–Kier alpha value is -1.10. The molecule has 0 aliphatic carbocycles. The first kappa shape index (κ1) is 15.8. The van der Waals surface area contributed by atoms with Crippen molar-refractivity contribution >= 4 is 0 Å². The Balaban J connectivity index is 1.64. The molecule has 0 bridgehead atoms. The fourth-order valence-electron chi connectivity index (χ4n) is 3.78. The van der Waals surface area contributed by atoms with Crippen molar-refractivity contribution in [2.45, 2.75) is 44.4 Å². The Bertz CT molecular complexity index is 480. The lowest BCUT2D eigenvalue weighted by molar-refractivity contribution is -0.0776. The molecule has 2 aliphatic rings. The summed E-state index contributed by atoms with van der Waals surface area (Å²) in [6.07, 6.45) is 3.39. The van der Waals surface area contributed by atoms with Crippen molar-refractivity contribution in [3.8, 4) is 5.75 Å². The Labute approximate surface area is 133 Å². The zero-order valence-corrected chi connectivity index (χ0v) is 13.8. The number of likely N-dealkylation sites (tertiary alicyclic amines) is 2. The van der Waals surface area contributed by atoms with E-state index in [2.05, 4.69) is 21.9 Å². The van der Waals surface area contributed by atoms with Gasteiger partial charge < -0.3 is 9.84 Å². The van der Waals surface area contributed by atoms with Crippen LogP contribution >= 0.6 is 0 Å². The van der Waals surface area contributed by atoms with E-state index in [0.717, 1.165) is 44.9 Å². The molecule has 2 heterocycles. The van der Waals surface area contributed by atoms with Gasteiger partial charge in [-0.1, -0.05) is 12.1 Å². The summed E-state index contributed by atoms with van der Waals surface area (Å²) in [4.78, 5) is 4.96. The van der Waals surface area contributed by atoms with Crippen molar-refractivity contribution in [3.05, 3.63) is 29.8 Å². The molecule has 2 fully saturated rings. The summed E-state index contributed by atoms with van der Waals surface area (Å²) in [5, 5.41) is 10.8. The number of hydrogen-bond acceptors (Lipinski definition) is 4. The van der Waals surface area contributed by atoms with Crippen LogP contribution in [-0.2, 0) is 6.54 Å². The largest absolute Gasteiger partial charge is 0.497 e. The minimum absolute atomic E-state index is 0.266. The third kappa shape index (κ3) is 3.45.